The van der Waals surface area contributed by atoms with Crippen molar-refractivity contribution in [2.75, 3.05) is 10.6 Å². The number of amides is 2. The van der Waals surface area contributed by atoms with Crippen molar-refractivity contribution >= 4 is 40.5 Å². The van der Waals surface area contributed by atoms with Crippen molar-refractivity contribution in [1.82, 2.24) is 0 Å². The van der Waals surface area contributed by atoms with Crippen LogP contribution in [0.5, 0.6) is 0 Å². The molecule has 0 aliphatic heterocycles. The van der Waals surface area contributed by atoms with E-state index in [1.54, 1.807) is 42.5 Å². The summed E-state index contributed by atoms with van der Waals surface area (Å²) in [6.45, 7) is -0.160. The largest absolute Gasteiger partial charge is 0.392 e. The van der Waals surface area contributed by atoms with E-state index in [2.05, 4.69) is 10.6 Å². The first-order valence-electron chi connectivity index (χ1n) is 8.74. The molecule has 0 bridgehead atoms. The summed E-state index contributed by atoms with van der Waals surface area (Å²) in [6, 6.07) is 16.6. The van der Waals surface area contributed by atoms with Crippen LogP contribution in [0.2, 0.25) is 5.02 Å². The van der Waals surface area contributed by atoms with Crippen LogP contribution in [-0.4, -0.2) is 21.8 Å². The van der Waals surface area contributed by atoms with Gasteiger partial charge in [-0.1, -0.05) is 35.9 Å². The summed E-state index contributed by atoms with van der Waals surface area (Å²) in [5.74, 6) is -1.08. The third kappa shape index (κ3) is 4.80. The molecule has 0 aliphatic carbocycles. The molecular weight excluding hydrogens is 410 g/mol. The second-order valence-corrected chi connectivity index (χ2v) is 6.64. The molecule has 0 radical (unpaired) electrons. The van der Waals surface area contributed by atoms with Gasteiger partial charge in [-0.05, 0) is 35.9 Å². The number of aliphatic hydroxyl groups excluding tert-OH is 1. The average molecular weight is 426 g/mol. The van der Waals surface area contributed by atoms with Crippen LogP contribution in [-0.2, 0) is 6.61 Å². The number of para-hydroxylation sites is 1. The summed E-state index contributed by atoms with van der Waals surface area (Å²) in [5, 5.41) is 25.3. The zero-order chi connectivity index (χ0) is 21.7. The second kappa shape index (κ2) is 9.17. The Bertz CT molecular complexity index is 1130. The summed E-state index contributed by atoms with van der Waals surface area (Å²) in [4.78, 5) is 35.5. The molecule has 0 spiro atoms. The Labute approximate surface area is 176 Å². The van der Waals surface area contributed by atoms with E-state index < -0.39 is 16.7 Å². The maximum atomic E-state index is 12.7. The highest BCUT2D eigenvalue weighted by atomic mass is 35.5. The van der Waals surface area contributed by atoms with Gasteiger partial charge in [-0.3, -0.25) is 19.7 Å². The maximum Gasteiger partial charge on any atom is 0.270 e. The molecule has 8 nitrogen and oxygen atoms in total. The lowest BCUT2D eigenvalue weighted by molar-refractivity contribution is -0.384. The van der Waals surface area contributed by atoms with Crippen LogP contribution in [0.4, 0.5) is 17.1 Å². The van der Waals surface area contributed by atoms with Crippen molar-refractivity contribution < 1.29 is 19.6 Å². The van der Waals surface area contributed by atoms with Gasteiger partial charge in [0.05, 0.1) is 33.4 Å². The molecule has 152 valence electrons. The van der Waals surface area contributed by atoms with E-state index in [9.17, 15) is 24.8 Å². The highest BCUT2D eigenvalue weighted by Crippen LogP contribution is 2.25. The van der Waals surface area contributed by atoms with Crippen molar-refractivity contribution in [3.05, 3.63) is 98.6 Å². The monoisotopic (exact) mass is 425 g/mol. The number of hydrogen-bond donors (Lipinski definition) is 3. The summed E-state index contributed by atoms with van der Waals surface area (Å²) in [6.07, 6.45) is 0. The zero-order valence-electron chi connectivity index (χ0n) is 15.5. The molecule has 9 heteroatoms. The molecule has 3 aromatic rings. The Balaban J connectivity index is 1.82. The van der Waals surface area contributed by atoms with Gasteiger partial charge in [0.15, 0.2) is 0 Å². The number of nitro groups is 1. The first-order chi connectivity index (χ1) is 14.4. The van der Waals surface area contributed by atoms with Crippen molar-refractivity contribution in [3.63, 3.8) is 0 Å². The predicted molar refractivity (Wildman–Crippen MR) is 113 cm³/mol. The molecule has 0 unspecified atom stereocenters. The van der Waals surface area contributed by atoms with Gasteiger partial charge < -0.3 is 15.7 Å². The molecule has 0 atom stereocenters. The highest BCUT2D eigenvalue weighted by molar-refractivity contribution is 6.34. The van der Waals surface area contributed by atoms with E-state index in [0.717, 1.165) is 6.07 Å². The number of anilines is 2. The number of aliphatic hydroxyl groups is 1. The van der Waals surface area contributed by atoms with Crippen molar-refractivity contribution in [2.24, 2.45) is 0 Å². The van der Waals surface area contributed by atoms with Crippen LogP contribution in [0.15, 0.2) is 66.7 Å². The Morgan fingerprint density at radius 1 is 0.933 bits per heavy atom. The molecule has 0 aliphatic rings. The molecule has 0 saturated heterocycles. The SMILES string of the molecule is O=C(Nc1ccccc1C(=O)Nc1cccc(CO)c1)c1ccc([N+](=O)[O-])cc1Cl. The Morgan fingerprint density at radius 2 is 1.67 bits per heavy atom. The van der Waals surface area contributed by atoms with Gasteiger partial charge in [-0.2, -0.15) is 0 Å². The summed E-state index contributed by atoms with van der Waals surface area (Å²) >= 11 is 6.01. The van der Waals surface area contributed by atoms with Crippen molar-refractivity contribution in [3.8, 4) is 0 Å². The molecule has 3 rings (SSSR count). The molecule has 0 saturated carbocycles. The minimum absolute atomic E-state index is 0.0353. The topological polar surface area (TPSA) is 122 Å². The lowest BCUT2D eigenvalue weighted by atomic mass is 10.1. The van der Waals surface area contributed by atoms with E-state index in [0.29, 0.717) is 11.3 Å². The average Bonchev–Trinajstić information content (AvgIpc) is 2.74. The van der Waals surface area contributed by atoms with Gasteiger partial charge in [0.25, 0.3) is 17.5 Å². The number of nitrogens with zero attached hydrogens (tertiary/aromatic N) is 1. The highest BCUT2D eigenvalue weighted by Gasteiger charge is 2.18. The number of carbonyl (C=O) groups is 2. The van der Waals surface area contributed by atoms with Gasteiger partial charge in [0.2, 0.25) is 0 Å². The van der Waals surface area contributed by atoms with Crippen molar-refractivity contribution in [2.45, 2.75) is 6.61 Å². The number of non-ortho nitro benzene ring substituents is 1. The van der Waals surface area contributed by atoms with E-state index in [1.165, 1.54) is 18.2 Å². The molecule has 0 heterocycles. The lowest BCUT2D eigenvalue weighted by Crippen LogP contribution is -2.18. The van der Waals surface area contributed by atoms with Gasteiger partial charge >= 0.3 is 0 Å². The first-order valence-corrected chi connectivity index (χ1v) is 9.12. The Kier molecular flexibility index (Phi) is 6.41. The van der Waals surface area contributed by atoms with Gasteiger partial charge in [0, 0.05) is 17.8 Å². The molecular formula is C21H16ClN3O5. The van der Waals surface area contributed by atoms with Crippen LogP contribution < -0.4 is 10.6 Å². The van der Waals surface area contributed by atoms with E-state index in [1.807, 2.05) is 0 Å². The molecule has 3 aromatic carbocycles. The molecule has 3 N–H and O–H groups in total. The van der Waals surface area contributed by atoms with E-state index >= 15 is 0 Å². The number of rotatable bonds is 6. The smallest absolute Gasteiger partial charge is 0.270 e. The molecule has 30 heavy (non-hydrogen) atoms. The van der Waals surface area contributed by atoms with Gasteiger partial charge in [-0.25, -0.2) is 0 Å². The van der Waals surface area contributed by atoms with Crippen LogP contribution in [0, 0.1) is 10.1 Å². The first kappa shape index (κ1) is 21.0. The van der Waals surface area contributed by atoms with Crippen LogP contribution in [0.1, 0.15) is 26.3 Å². The number of carbonyl (C=O) groups excluding carboxylic acids is 2. The number of nitro benzene ring substituents is 1. The minimum atomic E-state index is -0.613. The number of hydrogen-bond acceptors (Lipinski definition) is 5. The molecule has 2 amide bonds. The second-order valence-electron chi connectivity index (χ2n) is 6.23. The number of benzene rings is 3. The molecule has 0 fully saturated rings. The standard InChI is InChI=1S/C21H16ClN3O5/c22-18-11-15(25(29)30)8-9-16(18)20(27)24-19-7-2-1-6-17(19)21(28)23-14-5-3-4-13(10-14)12-26/h1-11,26H,12H2,(H,23,28)(H,24,27). The third-order valence-electron chi connectivity index (χ3n) is 4.20. The zero-order valence-corrected chi connectivity index (χ0v) is 16.2. The number of nitrogens with one attached hydrogen (secondary N) is 2. The van der Waals surface area contributed by atoms with E-state index in [-0.39, 0.29) is 34.1 Å². The van der Waals surface area contributed by atoms with Crippen LogP contribution in [0.3, 0.4) is 0 Å². The molecule has 0 aromatic heterocycles. The maximum absolute atomic E-state index is 12.7. The van der Waals surface area contributed by atoms with Crippen LogP contribution >= 0.6 is 11.6 Å². The normalized spacial score (nSPS) is 10.3. The fourth-order valence-electron chi connectivity index (χ4n) is 2.73. The summed E-state index contributed by atoms with van der Waals surface area (Å²) in [7, 11) is 0. The summed E-state index contributed by atoms with van der Waals surface area (Å²) in [5.41, 5.74) is 1.38. The summed E-state index contributed by atoms with van der Waals surface area (Å²) < 4.78 is 0. The van der Waals surface area contributed by atoms with Crippen LogP contribution in [0.25, 0.3) is 0 Å². The minimum Gasteiger partial charge on any atom is -0.392 e. The van der Waals surface area contributed by atoms with Gasteiger partial charge in [0.1, 0.15) is 0 Å². The fourth-order valence-corrected chi connectivity index (χ4v) is 2.99. The predicted octanol–water partition coefficient (Wildman–Crippen LogP) is 4.25. The number of halogens is 1. The third-order valence-corrected chi connectivity index (χ3v) is 4.51. The fraction of sp³-hybridized carbons (Fsp3) is 0.0476. The van der Waals surface area contributed by atoms with Crippen molar-refractivity contribution in [1.29, 1.82) is 0 Å². The Morgan fingerprint density at radius 3 is 2.37 bits per heavy atom. The van der Waals surface area contributed by atoms with Gasteiger partial charge in [-0.15, -0.1) is 0 Å². The lowest BCUT2D eigenvalue weighted by Gasteiger charge is -2.12. The quantitative estimate of drug-likeness (QED) is 0.402. The Hall–Kier alpha value is -3.75. The van der Waals surface area contributed by atoms with E-state index in [4.69, 9.17) is 11.6 Å².